The molecule has 72 valence electrons. The summed E-state index contributed by atoms with van der Waals surface area (Å²) in [6.07, 6.45) is 1.86. The van der Waals surface area contributed by atoms with Gasteiger partial charge < -0.3 is 15.5 Å². The Morgan fingerprint density at radius 1 is 1.58 bits per heavy atom. The number of thioether (sulfide) groups is 1. The van der Waals surface area contributed by atoms with Gasteiger partial charge in [-0.2, -0.15) is 11.8 Å². The van der Waals surface area contributed by atoms with Crippen LogP contribution in [0.15, 0.2) is 0 Å². The van der Waals surface area contributed by atoms with Crippen LogP contribution in [-0.2, 0) is 0 Å². The number of aliphatic hydroxyl groups is 2. The summed E-state index contributed by atoms with van der Waals surface area (Å²) < 4.78 is 0. The van der Waals surface area contributed by atoms with Crippen LogP contribution in [0.4, 0.5) is 0 Å². The zero-order valence-corrected chi connectivity index (χ0v) is 8.02. The third-order valence-electron chi connectivity index (χ3n) is 2.01. The fourth-order valence-corrected chi connectivity index (χ4v) is 2.38. The predicted molar refractivity (Wildman–Crippen MR) is 51.4 cm³/mol. The van der Waals surface area contributed by atoms with Gasteiger partial charge in [0.25, 0.3) is 0 Å². The largest absolute Gasteiger partial charge is 0.394 e. The normalized spacial score (nSPS) is 27.0. The van der Waals surface area contributed by atoms with Gasteiger partial charge in [0, 0.05) is 18.3 Å². The van der Waals surface area contributed by atoms with Crippen molar-refractivity contribution in [3.05, 3.63) is 0 Å². The third kappa shape index (κ3) is 3.76. The van der Waals surface area contributed by atoms with E-state index in [1.54, 1.807) is 0 Å². The number of nitrogens with one attached hydrogen (secondary N) is 1. The van der Waals surface area contributed by atoms with Crippen LogP contribution in [0.1, 0.15) is 12.8 Å². The van der Waals surface area contributed by atoms with Crippen LogP contribution in [0.5, 0.6) is 0 Å². The highest BCUT2D eigenvalue weighted by Gasteiger charge is 2.13. The Bertz CT molecular complexity index is 118. The van der Waals surface area contributed by atoms with E-state index in [4.69, 9.17) is 10.2 Å². The van der Waals surface area contributed by atoms with Crippen molar-refractivity contribution in [3.63, 3.8) is 0 Å². The molecule has 4 heteroatoms. The smallest absolute Gasteiger partial charge is 0.0895 e. The molecule has 0 radical (unpaired) electrons. The zero-order chi connectivity index (χ0) is 8.81. The average Bonchev–Trinajstić information content (AvgIpc) is 2.16. The Balaban J connectivity index is 2.05. The summed E-state index contributed by atoms with van der Waals surface area (Å²) in [6, 6.07) is 0.532. The summed E-state index contributed by atoms with van der Waals surface area (Å²) in [7, 11) is 0. The second kappa shape index (κ2) is 5.80. The van der Waals surface area contributed by atoms with Crippen molar-refractivity contribution >= 4 is 11.8 Å². The Morgan fingerprint density at radius 3 is 3.00 bits per heavy atom. The fourth-order valence-electron chi connectivity index (χ4n) is 1.27. The van der Waals surface area contributed by atoms with Crippen molar-refractivity contribution in [1.82, 2.24) is 5.32 Å². The van der Waals surface area contributed by atoms with Gasteiger partial charge in [0.2, 0.25) is 0 Å². The molecule has 1 heterocycles. The van der Waals surface area contributed by atoms with E-state index in [9.17, 15) is 0 Å². The summed E-state index contributed by atoms with van der Waals surface area (Å²) in [6.45, 7) is 0.370. The molecule has 1 rings (SSSR count). The molecular weight excluding hydrogens is 174 g/mol. The van der Waals surface area contributed by atoms with Crippen molar-refractivity contribution in [1.29, 1.82) is 0 Å². The maximum absolute atomic E-state index is 9.07. The topological polar surface area (TPSA) is 52.5 Å². The molecule has 0 aromatic rings. The maximum atomic E-state index is 9.07. The van der Waals surface area contributed by atoms with Crippen molar-refractivity contribution in [2.75, 3.05) is 24.7 Å². The molecule has 1 aliphatic heterocycles. The number of aliphatic hydroxyl groups excluding tert-OH is 2. The first kappa shape index (κ1) is 10.3. The van der Waals surface area contributed by atoms with Crippen molar-refractivity contribution in [2.24, 2.45) is 0 Å². The fraction of sp³-hybridized carbons (Fsp3) is 1.00. The molecule has 2 atom stereocenters. The standard InChI is InChI=1S/C8H17NO2S/c10-5-8(11)4-9-7-2-1-3-12-6-7/h7-11H,1-6H2. The second-order valence-corrected chi connectivity index (χ2v) is 4.31. The van der Waals surface area contributed by atoms with Crippen molar-refractivity contribution in [2.45, 2.75) is 25.0 Å². The monoisotopic (exact) mass is 191 g/mol. The maximum Gasteiger partial charge on any atom is 0.0895 e. The van der Waals surface area contributed by atoms with Gasteiger partial charge in [-0.15, -0.1) is 0 Å². The van der Waals surface area contributed by atoms with Gasteiger partial charge in [-0.05, 0) is 18.6 Å². The molecule has 0 spiro atoms. The van der Waals surface area contributed by atoms with Crippen molar-refractivity contribution < 1.29 is 10.2 Å². The quantitative estimate of drug-likeness (QED) is 0.577. The van der Waals surface area contributed by atoms with Gasteiger partial charge in [0.15, 0.2) is 0 Å². The molecule has 3 N–H and O–H groups in total. The first-order chi connectivity index (χ1) is 5.83. The molecular formula is C8H17NO2S. The van der Waals surface area contributed by atoms with E-state index in [0.717, 1.165) is 5.75 Å². The minimum atomic E-state index is -0.600. The molecule has 1 aliphatic rings. The Kier molecular flexibility index (Phi) is 4.99. The van der Waals surface area contributed by atoms with Crippen LogP contribution < -0.4 is 5.32 Å². The second-order valence-electron chi connectivity index (χ2n) is 3.16. The molecule has 0 aliphatic carbocycles. The van der Waals surface area contributed by atoms with E-state index in [1.807, 2.05) is 11.8 Å². The van der Waals surface area contributed by atoms with Crippen molar-refractivity contribution in [3.8, 4) is 0 Å². The first-order valence-corrected chi connectivity index (χ1v) is 5.58. The van der Waals surface area contributed by atoms with E-state index in [0.29, 0.717) is 12.6 Å². The zero-order valence-electron chi connectivity index (χ0n) is 7.20. The third-order valence-corrected chi connectivity index (χ3v) is 3.23. The van der Waals surface area contributed by atoms with Crippen LogP contribution in [0.3, 0.4) is 0 Å². The highest BCUT2D eigenvalue weighted by atomic mass is 32.2. The van der Waals surface area contributed by atoms with Gasteiger partial charge in [-0.3, -0.25) is 0 Å². The number of rotatable bonds is 4. The van der Waals surface area contributed by atoms with Crippen LogP contribution >= 0.6 is 11.8 Å². The van der Waals surface area contributed by atoms with E-state index in [-0.39, 0.29) is 6.61 Å². The molecule has 0 aromatic heterocycles. The lowest BCUT2D eigenvalue weighted by Gasteiger charge is -2.23. The number of hydrogen-bond acceptors (Lipinski definition) is 4. The molecule has 0 amide bonds. The predicted octanol–water partition coefficient (Wildman–Crippen LogP) is -0.175. The SMILES string of the molecule is OCC(O)CNC1CCCSC1. The number of hydrogen-bond donors (Lipinski definition) is 3. The van der Waals surface area contributed by atoms with Gasteiger partial charge >= 0.3 is 0 Å². The van der Waals surface area contributed by atoms with Gasteiger partial charge in [-0.25, -0.2) is 0 Å². The van der Waals surface area contributed by atoms with E-state index < -0.39 is 6.10 Å². The van der Waals surface area contributed by atoms with Gasteiger partial charge in [-0.1, -0.05) is 0 Å². The van der Waals surface area contributed by atoms with Crippen LogP contribution in [-0.4, -0.2) is 47.0 Å². The lowest BCUT2D eigenvalue weighted by atomic mass is 10.2. The van der Waals surface area contributed by atoms with Crippen LogP contribution in [0.25, 0.3) is 0 Å². The van der Waals surface area contributed by atoms with Gasteiger partial charge in [0.1, 0.15) is 0 Å². The minimum absolute atomic E-state index is 0.146. The summed E-state index contributed by atoms with van der Waals surface area (Å²) >= 11 is 1.96. The van der Waals surface area contributed by atoms with Crippen LogP contribution in [0.2, 0.25) is 0 Å². The Labute approximate surface area is 77.5 Å². The molecule has 0 bridgehead atoms. The molecule has 1 fully saturated rings. The Hall–Kier alpha value is 0.230. The molecule has 2 unspecified atom stereocenters. The molecule has 0 aromatic carbocycles. The highest BCUT2D eigenvalue weighted by molar-refractivity contribution is 7.99. The molecule has 1 saturated heterocycles. The molecule has 12 heavy (non-hydrogen) atoms. The highest BCUT2D eigenvalue weighted by Crippen LogP contribution is 2.16. The summed E-state index contributed by atoms with van der Waals surface area (Å²) in [5.41, 5.74) is 0. The minimum Gasteiger partial charge on any atom is -0.394 e. The summed E-state index contributed by atoms with van der Waals surface area (Å²) in [5, 5.41) is 20.9. The summed E-state index contributed by atoms with van der Waals surface area (Å²) in [4.78, 5) is 0. The summed E-state index contributed by atoms with van der Waals surface area (Å²) in [5.74, 6) is 2.40. The lowest BCUT2D eigenvalue weighted by Crippen LogP contribution is -2.39. The Morgan fingerprint density at radius 2 is 2.42 bits per heavy atom. The van der Waals surface area contributed by atoms with E-state index in [2.05, 4.69) is 5.32 Å². The molecule has 0 saturated carbocycles. The van der Waals surface area contributed by atoms with Gasteiger partial charge in [0.05, 0.1) is 12.7 Å². The molecule has 3 nitrogen and oxygen atoms in total. The first-order valence-electron chi connectivity index (χ1n) is 4.43. The lowest BCUT2D eigenvalue weighted by molar-refractivity contribution is 0.0921. The van der Waals surface area contributed by atoms with Crippen LogP contribution in [0, 0.1) is 0 Å². The average molecular weight is 191 g/mol. The van der Waals surface area contributed by atoms with E-state index in [1.165, 1.54) is 18.6 Å². The van der Waals surface area contributed by atoms with E-state index >= 15 is 0 Å².